The van der Waals surface area contributed by atoms with Gasteiger partial charge in [-0.05, 0) is 36.1 Å². The summed E-state index contributed by atoms with van der Waals surface area (Å²) in [5.74, 6) is -0.0900. The van der Waals surface area contributed by atoms with Gasteiger partial charge in [-0.3, -0.25) is 9.59 Å². The van der Waals surface area contributed by atoms with Crippen molar-refractivity contribution in [3.05, 3.63) is 74.7 Å². The Kier molecular flexibility index (Phi) is 5.40. The van der Waals surface area contributed by atoms with Gasteiger partial charge in [0.2, 0.25) is 0 Å². The van der Waals surface area contributed by atoms with Gasteiger partial charge in [0, 0.05) is 22.1 Å². The second-order valence-electron chi connectivity index (χ2n) is 5.71. The predicted octanol–water partition coefficient (Wildman–Crippen LogP) is 3.77. The zero-order chi connectivity index (χ0) is 17.6. The summed E-state index contributed by atoms with van der Waals surface area (Å²) in [4.78, 5) is 24.8. The van der Waals surface area contributed by atoms with Crippen LogP contribution in [0.5, 0.6) is 0 Å². The molecule has 1 aromatic carbocycles. The summed E-state index contributed by atoms with van der Waals surface area (Å²) in [6.45, 7) is 2.11. The molecule has 5 nitrogen and oxygen atoms in total. The number of nitrogens with one attached hydrogen (secondary N) is 2. The third-order valence-electron chi connectivity index (χ3n) is 3.89. The lowest BCUT2D eigenvalue weighted by Gasteiger charge is -2.17. The molecule has 128 valence electrons. The van der Waals surface area contributed by atoms with E-state index in [1.807, 2.05) is 23.6 Å². The maximum atomic E-state index is 12.5. The molecule has 0 saturated carbocycles. The summed E-state index contributed by atoms with van der Waals surface area (Å²) in [7, 11) is 0. The molecule has 1 atom stereocenters. The predicted molar refractivity (Wildman–Crippen MR) is 99.7 cm³/mol. The molecule has 6 heteroatoms. The average molecular weight is 353 g/mol. The molecule has 0 radical (unpaired) electrons. The van der Waals surface area contributed by atoms with Gasteiger partial charge in [-0.1, -0.05) is 31.5 Å². The molecule has 0 aliphatic carbocycles. The van der Waals surface area contributed by atoms with Gasteiger partial charge in [0.1, 0.15) is 0 Å². The van der Waals surface area contributed by atoms with Crippen molar-refractivity contribution in [2.75, 3.05) is 0 Å². The van der Waals surface area contributed by atoms with Crippen molar-refractivity contribution in [2.24, 2.45) is 0 Å². The van der Waals surface area contributed by atoms with Gasteiger partial charge in [0.25, 0.3) is 11.5 Å². The van der Waals surface area contributed by atoms with E-state index in [2.05, 4.69) is 28.5 Å². The normalized spacial score (nSPS) is 11.9. The van der Waals surface area contributed by atoms with Gasteiger partial charge in [0.05, 0.1) is 11.7 Å². The number of rotatable bonds is 6. The van der Waals surface area contributed by atoms with Crippen molar-refractivity contribution in [2.45, 2.75) is 25.8 Å². The molecule has 25 heavy (non-hydrogen) atoms. The molecule has 2 heterocycles. The molecule has 0 aliphatic rings. The highest BCUT2D eigenvalue weighted by atomic mass is 32.1. The smallest absolute Gasteiger partial charge is 0.264 e. The van der Waals surface area contributed by atoms with Crippen LogP contribution in [-0.4, -0.2) is 16.1 Å². The van der Waals surface area contributed by atoms with Crippen molar-refractivity contribution in [1.82, 2.24) is 15.5 Å². The van der Waals surface area contributed by atoms with E-state index >= 15 is 0 Å². The van der Waals surface area contributed by atoms with Crippen LogP contribution in [0.15, 0.2) is 58.7 Å². The molecule has 1 unspecified atom stereocenters. The molecule has 0 fully saturated rings. The van der Waals surface area contributed by atoms with Crippen LogP contribution in [0.4, 0.5) is 0 Å². The Bertz CT molecular complexity index is 865. The van der Waals surface area contributed by atoms with E-state index < -0.39 is 0 Å². The third-order valence-corrected chi connectivity index (χ3v) is 4.88. The Hall–Kier alpha value is -2.73. The number of carbonyl (C=O) groups excluding carboxylic acids is 1. The van der Waals surface area contributed by atoms with Crippen LogP contribution < -0.4 is 10.9 Å². The van der Waals surface area contributed by atoms with Crippen molar-refractivity contribution >= 4 is 17.2 Å². The Labute approximate surface area is 149 Å². The van der Waals surface area contributed by atoms with Crippen molar-refractivity contribution < 1.29 is 4.79 Å². The summed E-state index contributed by atoms with van der Waals surface area (Å²) >= 11 is 1.66. The van der Waals surface area contributed by atoms with Crippen LogP contribution in [0.3, 0.4) is 0 Å². The largest absolute Gasteiger partial charge is 0.344 e. The minimum atomic E-state index is -0.240. The van der Waals surface area contributed by atoms with Crippen LogP contribution in [0, 0.1) is 0 Å². The number of H-pyrrole nitrogens is 1. The van der Waals surface area contributed by atoms with Crippen LogP contribution in [0.2, 0.25) is 0 Å². The molecule has 0 bridgehead atoms. The highest BCUT2D eigenvalue weighted by molar-refractivity contribution is 7.10. The molecular formula is C19H19N3O2S. The first-order valence-electron chi connectivity index (χ1n) is 8.18. The van der Waals surface area contributed by atoms with Gasteiger partial charge < -0.3 is 5.32 Å². The molecule has 2 N–H and O–H groups in total. The lowest BCUT2D eigenvalue weighted by molar-refractivity contribution is 0.0935. The summed E-state index contributed by atoms with van der Waals surface area (Å²) in [5.41, 5.74) is 1.87. The fourth-order valence-corrected chi connectivity index (χ4v) is 3.42. The van der Waals surface area contributed by atoms with E-state index in [4.69, 9.17) is 0 Å². The van der Waals surface area contributed by atoms with E-state index in [1.54, 1.807) is 29.5 Å². The number of carbonyl (C=O) groups is 1. The zero-order valence-corrected chi connectivity index (χ0v) is 14.7. The maximum absolute atomic E-state index is 12.5. The Morgan fingerprint density at radius 2 is 2.00 bits per heavy atom. The summed E-state index contributed by atoms with van der Waals surface area (Å²) in [5, 5.41) is 11.5. The van der Waals surface area contributed by atoms with Crippen LogP contribution in [-0.2, 0) is 0 Å². The molecule has 0 saturated heterocycles. The first kappa shape index (κ1) is 17.1. The van der Waals surface area contributed by atoms with E-state index in [-0.39, 0.29) is 17.5 Å². The first-order valence-corrected chi connectivity index (χ1v) is 9.06. The fraction of sp³-hybridized carbons (Fsp3) is 0.211. The van der Waals surface area contributed by atoms with Gasteiger partial charge in [-0.25, -0.2) is 5.10 Å². The second-order valence-corrected chi connectivity index (χ2v) is 6.69. The fourth-order valence-electron chi connectivity index (χ4n) is 2.60. The van der Waals surface area contributed by atoms with Crippen LogP contribution in [0.25, 0.3) is 11.3 Å². The van der Waals surface area contributed by atoms with Crippen LogP contribution in [0.1, 0.15) is 41.0 Å². The minimum absolute atomic E-state index is 0.0399. The second kappa shape index (κ2) is 7.90. The summed E-state index contributed by atoms with van der Waals surface area (Å²) < 4.78 is 0. The van der Waals surface area contributed by atoms with Crippen molar-refractivity contribution in [3.63, 3.8) is 0 Å². The SMILES string of the molecule is CCCC(NC(=O)c1ccc(-c2ccc(=O)[nH]n2)cc1)c1cccs1. The number of aromatic amines is 1. The van der Waals surface area contributed by atoms with Crippen LogP contribution >= 0.6 is 11.3 Å². The standard InChI is InChI=1S/C19H19N3O2S/c1-2-4-16(17-5-3-12-25-17)20-19(24)14-8-6-13(7-9-14)15-10-11-18(23)22-21-15/h3,5-12,16H,2,4H2,1H3,(H,20,24)(H,22,23). The number of thiophene rings is 1. The van der Waals surface area contributed by atoms with E-state index in [1.165, 1.54) is 10.9 Å². The number of aromatic nitrogens is 2. The summed E-state index contributed by atoms with van der Waals surface area (Å²) in [6.07, 6.45) is 1.91. The molecule has 3 rings (SSSR count). The van der Waals surface area contributed by atoms with Crippen molar-refractivity contribution in [1.29, 1.82) is 0 Å². The molecule has 3 aromatic rings. The number of hydrogen-bond acceptors (Lipinski definition) is 4. The first-order chi connectivity index (χ1) is 12.2. The molecular weight excluding hydrogens is 334 g/mol. The van der Waals surface area contributed by atoms with Gasteiger partial charge in [0.15, 0.2) is 0 Å². The molecule has 1 amide bonds. The van der Waals surface area contributed by atoms with E-state index in [9.17, 15) is 9.59 Å². The lowest BCUT2D eigenvalue weighted by atomic mass is 10.1. The van der Waals surface area contributed by atoms with Crippen molar-refractivity contribution in [3.8, 4) is 11.3 Å². The quantitative estimate of drug-likeness (QED) is 0.708. The van der Waals surface area contributed by atoms with Gasteiger partial charge >= 0.3 is 0 Å². The van der Waals surface area contributed by atoms with Gasteiger partial charge in [-0.15, -0.1) is 11.3 Å². The number of amides is 1. The topological polar surface area (TPSA) is 74.8 Å². The minimum Gasteiger partial charge on any atom is -0.344 e. The van der Waals surface area contributed by atoms with E-state index in [0.717, 1.165) is 18.4 Å². The number of hydrogen-bond donors (Lipinski definition) is 2. The number of benzene rings is 1. The molecule has 0 spiro atoms. The maximum Gasteiger partial charge on any atom is 0.264 e. The van der Waals surface area contributed by atoms with Gasteiger partial charge in [-0.2, -0.15) is 5.10 Å². The highest BCUT2D eigenvalue weighted by Crippen LogP contribution is 2.24. The monoisotopic (exact) mass is 353 g/mol. The number of nitrogens with zero attached hydrogens (tertiary/aromatic N) is 1. The Balaban J connectivity index is 1.73. The Morgan fingerprint density at radius 3 is 2.60 bits per heavy atom. The highest BCUT2D eigenvalue weighted by Gasteiger charge is 2.16. The van der Waals surface area contributed by atoms with E-state index in [0.29, 0.717) is 11.3 Å². The average Bonchev–Trinajstić information content (AvgIpc) is 3.17. The third kappa shape index (κ3) is 4.22. The zero-order valence-electron chi connectivity index (χ0n) is 13.9. The molecule has 2 aromatic heterocycles. The lowest BCUT2D eigenvalue weighted by Crippen LogP contribution is -2.27. The Morgan fingerprint density at radius 1 is 1.20 bits per heavy atom. The molecule has 0 aliphatic heterocycles. The summed E-state index contributed by atoms with van der Waals surface area (Å²) in [6, 6.07) is 14.4.